The molecule has 2 nitrogen and oxygen atoms in total. The van der Waals surface area contributed by atoms with Crippen molar-refractivity contribution < 1.29 is 4.74 Å². The number of rotatable bonds is 10. The minimum absolute atomic E-state index is 0.688. The van der Waals surface area contributed by atoms with Crippen molar-refractivity contribution in [3.05, 3.63) is 0 Å². The van der Waals surface area contributed by atoms with Crippen LogP contribution in [0.5, 0.6) is 0 Å². The number of hydrogen-bond acceptors (Lipinski definition) is 2. The first-order valence-corrected chi connectivity index (χ1v) is 8.15. The lowest BCUT2D eigenvalue weighted by molar-refractivity contribution is 0.0391. The number of ether oxygens (including phenoxy) is 1. The summed E-state index contributed by atoms with van der Waals surface area (Å²) in [5.41, 5.74) is 0. The first-order valence-electron chi connectivity index (χ1n) is 8.15. The van der Waals surface area contributed by atoms with Crippen LogP contribution in [0.15, 0.2) is 0 Å². The average molecular weight is 255 g/mol. The van der Waals surface area contributed by atoms with Crippen LogP contribution in [-0.2, 0) is 4.74 Å². The standard InChI is InChI=1S/C16H33NO/c1-3-4-5-6-7-8-9-10-12-17-16-11-13-18-14-15(16)2/h15-17H,3-14H2,1-2H3. The number of nitrogens with one attached hydrogen (secondary N) is 1. The summed E-state index contributed by atoms with van der Waals surface area (Å²) in [5.74, 6) is 0.688. The second-order valence-corrected chi connectivity index (χ2v) is 5.88. The zero-order chi connectivity index (χ0) is 13.1. The van der Waals surface area contributed by atoms with E-state index in [1.807, 2.05) is 0 Å². The highest BCUT2D eigenvalue weighted by Crippen LogP contribution is 2.14. The van der Waals surface area contributed by atoms with E-state index in [0.717, 1.165) is 13.2 Å². The van der Waals surface area contributed by atoms with Crippen LogP contribution < -0.4 is 5.32 Å². The molecule has 18 heavy (non-hydrogen) atoms. The van der Waals surface area contributed by atoms with Gasteiger partial charge in [0.1, 0.15) is 0 Å². The van der Waals surface area contributed by atoms with Gasteiger partial charge in [-0.25, -0.2) is 0 Å². The third kappa shape index (κ3) is 7.38. The molecule has 0 bridgehead atoms. The van der Waals surface area contributed by atoms with Gasteiger partial charge in [-0.1, -0.05) is 58.8 Å². The normalized spacial score (nSPS) is 24.3. The Kier molecular flexibility index (Phi) is 9.59. The van der Waals surface area contributed by atoms with E-state index in [1.54, 1.807) is 0 Å². The SMILES string of the molecule is CCCCCCCCCCNC1CCOCC1C. The van der Waals surface area contributed by atoms with Gasteiger partial charge in [-0.05, 0) is 25.3 Å². The van der Waals surface area contributed by atoms with E-state index < -0.39 is 0 Å². The van der Waals surface area contributed by atoms with Gasteiger partial charge < -0.3 is 10.1 Å². The van der Waals surface area contributed by atoms with Crippen LogP contribution >= 0.6 is 0 Å². The van der Waals surface area contributed by atoms with Crippen molar-refractivity contribution in [3.63, 3.8) is 0 Å². The van der Waals surface area contributed by atoms with Crippen LogP contribution in [0.3, 0.4) is 0 Å². The van der Waals surface area contributed by atoms with Gasteiger partial charge >= 0.3 is 0 Å². The molecule has 1 heterocycles. The van der Waals surface area contributed by atoms with Gasteiger partial charge in [-0.3, -0.25) is 0 Å². The van der Waals surface area contributed by atoms with E-state index >= 15 is 0 Å². The van der Waals surface area contributed by atoms with E-state index in [4.69, 9.17) is 4.74 Å². The monoisotopic (exact) mass is 255 g/mol. The Morgan fingerprint density at radius 3 is 2.33 bits per heavy atom. The zero-order valence-electron chi connectivity index (χ0n) is 12.5. The molecule has 0 aliphatic carbocycles. The predicted octanol–water partition coefficient (Wildman–Crippen LogP) is 4.14. The van der Waals surface area contributed by atoms with Crippen molar-refractivity contribution in [2.24, 2.45) is 5.92 Å². The Bertz CT molecular complexity index is 184. The molecule has 2 heteroatoms. The maximum Gasteiger partial charge on any atom is 0.0506 e. The molecule has 2 atom stereocenters. The van der Waals surface area contributed by atoms with E-state index in [1.165, 1.54) is 64.3 Å². The molecular formula is C16H33NO. The predicted molar refractivity (Wildman–Crippen MR) is 79.0 cm³/mol. The Morgan fingerprint density at radius 2 is 1.67 bits per heavy atom. The third-order valence-corrected chi connectivity index (χ3v) is 4.08. The summed E-state index contributed by atoms with van der Waals surface area (Å²) in [6, 6.07) is 0.698. The zero-order valence-corrected chi connectivity index (χ0v) is 12.5. The third-order valence-electron chi connectivity index (χ3n) is 4.08. The quantitative estimate of drug-likeness (QED) is 0.592. The largest absolute Gasteiger partial charge is 0.381 e. The summed E-state index contributed by atoms with van der Waals surface area (Å²) < 4.78 is 5.46. The van der Waals surface area contributed by atoms with Crippen LogP contribution in [0, 0.1) is 5.92 Å². The van der Waals surface area contributed by atoms with E-state index in [0.29, 0.717) is 12.0 Å². The van der Waals surface area contributed by atoms with Gasteiger partial charge in [-0.15, -0.1) is 0 Å². The maximum atomic E-state index is 5.46. The van der Waals surface area contributed by atoms with Crippen LogP contribution in [0.4, 0.5) is 0 Å². The van der Waals surface area contributed by atoms with Crippen molar-refractivity contribution in [1.82, 2.24) is 5.32 Å². The van der Waals surface area contributed by atoms with Crippen molar-refractivity contribution >= 4 is 0 Å². The molecule has 1 fully saturated rings. The summed E-state index contributed by atoms with van der Waals surface area (Å²) in [5, 5.41) is 3.70. The van der Waals surface area contributed by atoms with E-state index in [-0.39, 0.29) is 0 Å². The average Bonchev–Trinajstić information content (AvgIpc) is 2.39. The highest BCUT2D eigenvalue weighted by molar-refractivity contribution is 4.76. The lowest BCUT2D eigenvalue weighted by Crippen LogP contribution is -2.41. The fraction of sp³-hybridized carbons (Fsp3) is 1.00. The molecule has 0 aromatic heterocycles. The second kappa shape index (κ2) is 10.8. The Hall–Kier alpha value is -0.0800. The topological polar surface area (TPSA) is 21.3 Å². The number of hydrogen-bond donors (Lipinski definition) is 1. The van der Waals surface area contributed by atoms with Gasteiger partial charge in [0.15, 0.2) is 0 Å². The van der Waals surface area contributed by atoms with Gasteiger partial charge in [0, 0.05) is 12.6 Å². The summed E-state index contributed by atoms with van der Waals surface area (Å²) in [6.07, 6.45) is 12.5. The summed E-state index contributed by atoms with van der Waals surface area (Å²) in [4.78, 5) is 0. The Balaban J connectivity index is 1.83. The fourth-order valence-corrected chi connectivity index (χ4v) is 2.73. The molecule has 0 aromatic carbocycles. The van der Waals surface area contributed by atoms with Crippen molar-refractivity contribution in [2.75, 3.05) is 19.8 Å². The van der Waals surface area contributed by atoms with Gasteiger partial charge in [0.2, 0.25) is 0 Å². The molecule has 108 valence electrons. The molecule has 1 saturated heterocycles. The van der Waals surface area contributed by atoms with Crippen LogP contribution in [0.1, 0.15) is 71.6 Å². The highest BCUT2D eigenvalue weighted by Gasteiger charge is 2.20. The highest BCUT2D eigenvalue weighted by atomic mass is 16.5. The minimum atomic E-state index is 0.688. The van der Waals surface area contributed by atoms with Gasteiger partial charge in [0.05, 0.1) is 6.61 Å². The molecule has 1 rings (SSSR count). The molecule has 2 unspecified atom stereocenters. The van der Waals surface area contributed by atoms with Gasteiger partial charge in [-0.2, -0.15) is 0 Å². The summed E-state index contributed by atoms with van der Waals surface area (Å²) in [6.45, 7) is 7.66. The van der Waals surface area contributed by atoms with Crippen molar-refractivity contribution in [2.45, 2.75) is 77.7 Å². The molecule has 1 N–H and O–H groups in total. The lowest BCUT2D eigenvalue weighted by Gasteiger charge is -2.29. The number of unbranched alkanes of at least 4 members (excludes halogenated alkanes) is 7. The maximum absolute atomic E-state index is 5.46. The first kappa shape index (κ1) is 16.0. The molecule has 0 spiro atoms. The molecule has 1 aliphatic rings. The van der Waals surface area contributed by atoms with Crippen molar-refractivity contribution in [1.29, 1.82) is 0 Å². The fourth-order valence-electron chi connectivity index (χ4n) is 2.73. The van der Waals surface area contributed by atoms with Gasteiger partial charge in [0.25, 0.3) is 0 Å². The van der Waals surface area contributed by atoms with Crippen molar-refractivity contribution in [3.8, 4) is 0 Å². The molecule has 0 radical (unpaired) electrons. The van der Waals surface area contributed by atoms with Crippen LogP contribution in [0.25, 0.3) is 0 Å². The minimum Gasteiger partial charge on any atom is -0.381 e. The van der Waals surface area contributed by atoms with E-state index in [2.05, 4.69) is 19.2 Å². The smallest absolute Gasteiger partial charge is 0.0506 e. The Labute approximate surface area is 114 Å². The van der Waals surface area contributed by atoms with E-state index in [9.17, 15) is 0 Å². The van der Waals surface area contributed by atoms with Crippen LogP contribution in [-0.4, -0.2) is 25.8 Å². The summed E-state index contributed by atoms with van der Waals surface area (Å²) >= 11 is 0. The Morgan fingerprint density at radius 1 is 1.00 bits per heavy atom. The first-order chi connectivity index (χ1) is 8.84. The molecular weight excluding hydrogens is 222 g/mol. The molecule has 0 amide bonds. The molecule has 1 aliphatic heterocycles. The second-order valence-electron chi connectivity index (χ2n) is 5.88. The summed E-state index contributed by atoms with van der Waals surface area (Å²) in [7, 11) is 0. The van der Waals surface area contributed by atoms with Crippen LogP contribution in [0.2, 0.25) is 0 Å². The molecule has 0 saturated carbocycles. The molecule has 0 aromatic rings. The lowest BCUT2D eigenvalue weighted by atomic mass is 9.98.